The van der Waals surface area contributed by atoms with Crippen molar-refractivity contribution >= 4 is 17.8 Å². The molecule has 0 aliphatic heterocycles. The molecule has 0 atom stereocenters. The van der Waals surface area contributed by atoms with Crippen LogP contribution in [-0.2, 0) is 14.3 Å². The molecule has 19 heavy (non-hydrogen) atoms. The zero-order valence-electron chi connectivity index (χ0n) is 10.3. The highest BCUT2D eigenvalue weighted by molar-refractivity contribution is 5.94. The third kappa shape index (κ3) is 4.66. The summed E-state index contributed by atoms with van der Waals surface area (Å²) in [6.07, 6.45) is 0. The zero-order valence-corrected chi connectivity index (χ0v) is 10.3. The second kappa shape index (κ2) is 7.00. The molecule has 0 aliphatic rings. The van der Waals surface area contributed by atoms with Crippen LogP contribution in [0.4, 0.5) is 0 Å². The Morgan fingerprint density at radius 1 is 1.21 bits per heavy atom. The van der Waals surface area contributed by atoms with E-state index in [4.69, 9.17) is 4.74 Å². The molecule has 3 N–H and O–H groups in total. The summed E-state index contributed by atoms with van der Waals surface area (Å²) in [5.74, 6) is -2.00. The fourth-order valence-electron chi connectivity index (χ4n) is 1.17. The third-order valence-electron chi connectivity index (χ3n) is 2.18. The number of carbonyl (C=O) groups is 3. The van der Waals surface area contributed by atoms with E-state index >= 15 is 0 Å². The maximum Gasteiger partial charge on any atom is 0.342 e. The highest BCUT2D eigenvalue weighted by Crippen LogP contribution is 2.16. The molecule has 1 aromatic carbocycles. The van der Waals surface area contributed by atoms with E-state index in [2.05, 4.69) is 10.6 Å². The molecule has 0 aliphatic carbocycles. The van der Waals surface area contributed by atoms with Gasteiger partial charge in [0.15, 0.2) is 6.61 Å². The van der Waals surface area contributed by atoms with Crippen molar-refractivity contribution in [2.24, 2.45) is 0 Å². The van der Waals surface area contributed by atoms with Gasteiger partial charge in [-0.15, -0.1) is 0 Å². The van der Waals surface area contributed by atoms with E-state index in [1.165, 1.54) is 19.2 Å². The summed E-state index contributed by atoms with van der Waals surface area (Å²) in [5.41, 5.74) is -0.0263. The van der Waals surface area contributed by atoms with E-state index in [-0.39, 0.29) is 23.8 Å². The first-order valence-corrected chi connectivity index (χ1v) is 5.47. The van der Waals surface area contributed by atoms with Crippen molar-refractivity contribution in [1.82, 2.24) is 10.6 Å². The van der Waals surface area contributed by atoms with Crippen molar-refractivity contribution in [3.8, 4) is 5.75 Å². The SMILES string of the molecule is CNC(=O)CNC(=O)COC(=O)c1ccccc1O. The topological polar surface area (TPSA) is 105 Å². The molecule has 2 amide bonds. The normalized spacial score (nSPS) is 9.53. The Kier molecular flexibility index (Phi) is 5.34. The molecule has 0 bridgehead atoms. The quantitative estimate of drug-likeness (QED) is 0.618. The first kappa shape index (κ1) is 14.5. The first-order chi connectivity index (χ1) is 9.04. The smallest absolute Gasteiger partial charge is 0.342 e. The molecule has 0 unspecified atom stereocenters. The van der Waals surface area contributed by atoms with Gasteiger partial charge in [-0.1, -0.05) is 12.1 Å². The minimum atomic E-state index is -0.812. The second-order valence-corrected chi connectivity index (χ2v) is 3.54. The fraction of sp³-hybridized carbons (Fsp3) is 0.250. The molecule has 0 fully saturated rings. The van der Waals surface area contributed by atoms with Gasteiger partial charge in [0.1, 0.15) is 11.3 Å². The first-order valence-electron chi connectivity index (χ1n) is 5.47. The van der Waals surface area contributed by atoms with Gasteiger partial charge >= 0.3 is 5.97 Å². The van der Waals surface area contributed by atoms with E-state index < -0.39 is 18.5 Å². The van der Waals surface area contributed by atoms with Crippen LogP contribution in [0.25, 0.3) is 0 Å². The predicted octanol–water partition coefficient (Wildman–Crippen LogP) is -0.589. The number of carbonyl (C=O) groups excluding carboxylic acids is 3. The number of para-hydroxylation sites is 1. The summed E-state index contributed by atoms with van der Waals surface area (Å²) in [7, 11) is 1.44. The molecule has 102 valence electrons. The van der Waals surface area contributed by atoms with Crippen molar-refractivity contribution < 1.29 is 24.2 Å². The summed E-state index contributed by atoms with van der Waals surface area (Å²) < 4.78 is 4.69. The van der Waals surface area contributed by atoms with Crippen LogP contribution < -0.4 is 10.6 Å². The molecule has 7 heteroatoms. The Hall–Kier alpha value is -2.57. The van der Waals surface area contributed by atoms with Gasteiger partial charge in [-0.25, -0.2) is 4.79 Å². The van der Waals surface area contributed by atoms with E-state index in [9.17, 15) is 19.5 Å². The molecular formula is C12H14N2O5. The van der Waals surface area contributed by atoms with Crippen LogP contribution in [-0.4, -0.2) is 43.1 Å². The van der Waals surface area contributed by atoms with Gasteiger partial charge in [0, 0.05) is 7.05 Å². The lowest BCUT2D eigenvalue weighted by atomic mass is 10.2. The van der Waals surface area contributed by atoms with E-state index in [0.717, 1.165) is 0 Å². The average molecular weight is 266 g/mol. The largest absolute Gasteiger partial charge is 0.507 e. The van der Waals surface area contributed by atoms with Crippen LogP contribution in [0.15, 0.2) is 24.3 Å². The Morgan fingerprint density at radius 3 is 2.53 bits per heavy atom. The van der Waals surface area contributed by atoms with Crippen molar-refractivity contribution in [2.45, 2.75) is 0 Å². The molecule has 0 aromatic heterocycles. The lowest BCUT2D eigenvalue weighted by molar-refractivity contribution is -0.127. The minimum absolute atomic E-state index is 0.0263. The summed E-state index contributed by atoms with van der Waals surface area (Å²) in [6, 6.07) is 5.83. The molecule has 1 rings (SSSR count). The molecule has 0 spiro atoms. The number of phenolic OH excluding ortho intramolecular Hbond substituents is 1. The molecule has 0 saturated heterocycles. The van der Waals surface area contributed by atoms with Crippen LogP contribution in [0.5, 0.6) is 5.75 Å². The fourth-order valence-corrected chi connectivity index (χ4v) is 1.17. The number of hydrogen-bond acceptors (Lipinski definition) is 5. The van der Waals surface area contributed by atoms with Gasteiger partial charge in [0.05, 0.1) is 6.54 Å². The van der Waals surface area contributed by atoms with Gasteiger partial charge < -0.3 is 20.5 Å². The number of hydrogen-bond donors (Lipinski definition) is 3. The highest BCUT2D eigenvalue weighted by atomic mass is 16.5. The Morgan fingerprint density at radius 2 is 1.89 bits per heavy atom. The lowest BCUT2D eigenvalue weighted by Crippen LogP contribution is -2.37. The van der Waals surface area contributed by atoms with Crippen LogP contribution in [0.2, 0.25) is 0 Å². The number of amides is 2. The second-order valence-electron chi connectivity index (χ2n) is 3.54. The van der Waals surface area contributed by atoms with Crippen LogP contribution in [0.3, 0.4) is 0 Å². The summed E-state index contributed by atoms with van der Waals surface area (Å²) in [5, 5.41) is 14.0. The number of rotatable bonds is 5. The molecule has 7 nitrogen and oxygen atoms in total. The molecule has 0 radical (unpaired) electrons. The molecular weight excluding hydrogens is 252 g/mol. The minimum Gasteiger partial charge on any atom is -0.507 e. The number of likely N-dealkylation sites (N-methyl/N-ethyl adjacent to an activating group) is 1. The Bertz CT molecular complexity index is 487. The lowest BCUT2D eigenvalue weighted by Gasteiger charge is -2.06. The summed E-state index contributed by atoms with van der Waals surface area (Å²) >= 11 is 0. The van der Waals surface area contributed by atoms with E-state index in [0.29, 0.717) is 0 Å². The van der Waals surface area contributed by atoms with E-state index in [1.54, 1.807) is 12.1 Å². The maximum absolute atomic E-state index is 11.5. The number of benzene rings is 1. The third-order valence-corrected chi connectivity index (χ3v) is 2.18. The van der Waals surface area contributed by atoms with Crippen LogP contribution >= 0.6 is 0 Å². The van der Waals surface area contributed by atoms with Crippen molar-refractivity contribution in [3.63, 3.8) is 0 Å². The van der Waals surface area contributed by atoms with Crippen molar-refractivity contribution in [2.75, 3.05) is 20.2 Å². The van der Waals surface area contributed by atoms with Crippen LogP contribution in [0.1, 0.15) is 10.4 Å². The van der Waals surface area contributed by atoms with Gasteiger partial charge in [-0.05, 0) is 12.1 Å². The Labute approximate surface area is 109 Å². The van der Waals surface area contributed by atoms with E-state index in [1.807, 2.05) is 0 Å². The molecule has 0 heterocycles. The predicted molar refractivity (Wildman–Crippen MR) is 65.5 cm³/mol. The maximum atomic E-state index is 11.5. The summed E-state index contributed by atoms with van der Waals surface area (Å²) in [4.78, 5) is 33.6. The highest BCUT2D eigenvalue weighted by Gasteiger charge is 2.13. The summed E-state index contributed by atoms with van der Waals surface area (Å²) in [6.45, 7) is -0.715. The average Bonchev–Trinajstić information content (AvgIpc) is 2.42. The van der Waals surface area contributed by atoms with Gasteiger partial charge in [-0.2, -0.15) is 0 Å². The molecule has 0 saturated carbocycles. The number of aromatic hydroxyl groups is 1. The van der Waals surface area contributed by atoms with Crippen molar-refractivity contribution in [3.05, 3.63) is 29.8 Å². The number of nitrogens with one attached hydrogen (secondary N) is 2. The zero-order chi connectivity index (χ0) is 14.3. The Balaban J connectivity index is 2.40. The van der Waals surface area contributed by atoms with Crippen molar-refractivity contribution in [1.29, 1.82) is 0 Å². The van der Waals surface area contributed by atoms with Crippen LogP contribution in [0, 0.1) is 0 Å². The van der Waals surface area contributed by atoms with Gasteiger partial charge in [0.25, 0.3) is 5.91 Å². The monoisotopic (exact) mass is 266 g/mol. The number of phenols is 1. The van der Waals surface area contributed by atoms with Gasteiger partial charge in [0.2, 0.25) is 5.91 Å². The standard InChI is InChI=1S/C12H14N2O5/c1-13-10(16)6-14-11(17)7-19-12(18)8-4-2-3-5-9(8)15/h2-5,15H,6-7H2,1H3,(H,13,16)(H,14,17). The number of ether oxygens (including phenoxy) is 1. The molecule has 1 aromatic rings. The number of esters is 1. The van der Waals surface area contributed by atoms with Gasteiger partial charge in [-0.3, -0.25) is 9.59 Å².